The fourth-order valence-corrected chi connectivity index (χ4v) is 10.4. The molecule has 0 unspecified atom stereocenters. The second kappa shape index (κ2) is 32.5. The van der Waals surface area contributed by atoms with Crippen LogP contribution in [0.2, 0.25) is 0 Å². The Labute approximate surface area is 531 Å². The molecule has 84 heavy (non-hydrogen) atoms. The Morgan fingerprint density at radius 1 is 0.440 bits per heavy atom. The second-order valence-electron chi connectivity index (χ2n) is 20.8. The minimum absolute atomic E-state index is 0. The van der Waals surface area contributed by atoms with Gasteiger partial charge >= 0.3 is 57.4 Å². The number of para-hydroxylation sites is 2. The minimum Gasteiger partial charge on any atom is -1.00 e. The number of rotatable bonds is 24. The molecule has 6 aromatic carbocycles. The molecule has 0 bridgehead atoms. The van der Waals surface area contributed by atoms with Gasteiger partial charge in [-0.25, -0.2) is 8.78 Å². The van der Waals surface area contributed by atoms with E-state index in [0.29, 0.717) is 56.1 Å². The van der Waals surface area contributed by atoms with E-state index >= 15 is 0 Å². The van der Waals surface area contributed by atoms with Gasteiger partial charge in [-0.3, -0.25) is 19.2 Å². The quantitative estimate of drug-likeness (QED) is 0.0268. The van der Waals surface area contributed by atoms with E-state index < -0.39 is 49.2 Å². The molecule has 2 amide bonds. The van der Waals surface area contributed by atoms with E-state index in [1.165, 1.54) is 24.3 Å². The number of aliphatic carboxylic acids is 2. The molecule has 2 heterocycles. The van der Waals surface area contributed by atoms with Crippen molar-refractivity contribution in [2.45, 2.75) is 116 Å². The molecule has 0 spiro atoms. The van der Waals surface area contributed by atoms with Gasteiger partial charge in [-0.2, -0.15) is 0 Å². The van der Waals surface area contributed by atoms with Crippen molar-refractivity contribution in [2.24, 2.45) is 0 Å². The first-order valence-corrected chi connectivity index (χ1v) is 27.3. The molecule has 0 aliphatic rings. The number of carboxylic acids is 2. The summed E-state index contributed by atoms with van der Waals surface area (Å²) in [5, 5.41) is 65.6. The summed E-state index contributed by atoms with van der Waals surface area (Å²) in [5.74, 6) is -3.87. The van der Waals surface area contributed by atoms with Crippen molar-refractivity contribution < 1.29 is 71.0 Å². The van der Waals surface area contributed by atoms with E-state index in [2.05, 4.69) is 10.6 Å². The van der Waals surface area contributed by atoms with Crippen LogP contribution in [-0.2, 0) is 22.7 Å². The average Bonchev–Trinajstić information content (AvgIpc) is 2.49. The summed E-state index contributed by atoms with van der Waals surface area (Å²) >= 11 is 0. The molecule has 0 fully saturated rings. The van der Waals surface area contributed by atoms with Gasteiger partial charge in [-0.05, 0) is 133 Å². The van der Waals surface area contributed by atoms with Crippen molar-refractivity contribution in [3.8, 4) is 44.8 Å². The number of aliphatic hydroxyl groups is 4. The molecule has 8 rings (SSSR count). The summed E-state index contributed by atoms with van der Waals surface area (Å²) in [4.78, 5) is 50.0. The number of aliphatic hydroxyl groups excluding tert-OH is 4. The summed E-state index contributed by atoms with van der Waals surface area (Å²) in [6.07, 6.45) is -5.01. The Bertz CT molecular complexity index is 3180. The van der Waals surface area contributed by atoms with E-state index in [1.807, 2.05) is 158 Å². The SMILES string of the molecule is CC(C)c1c(C(=O)Nc2ccccc2)c(-c2ccccc2)c(-c2ccc(F)cc2)n1CC[C@@H](O)C[C@@H](O)CC(=O)O.CC(C)c1c(C(=O)Nc2ccccc2)c(-c2ccccc2)c(-c2ccc(F)cc2)n1CC[C@@H](O)C[C@@H](O)CC(=O)O.[Cl-].[Sr+2]. The van der Waals surface area contributed by atoms with Gasteiger partial charge in [0.2, 0.25) is 0 Å². The molecule has 2 aromatic heterocycles. The molecule has 4 atom stereocenters. The minimum atomic E-state index is -1.18. The summed E-state index contributed by atoms with van der Waals surface area (Å²) in [6, 6.07) is 49.6. The van der Waals surface area contributed by atoms with Gasteiger partial charge in [0, 0.05) is 47.0 Å². The van der Waals surface area contributed by atoms with Gasteiger partial charge in [-0.15, -0.1) is 0 Å². The number of benzene rings is 6. The fourth-order valence-electron chi connectivity index (χ4n) is 10.4. The monoisotopic (exact) mass is 1240 g/mol. The van der Waals surface area contributed by atoms with Crippen molar-refractivity contribution in [1.82, 2.24) is 9.13 Å². The van der Waals surface area contributed by atoms with Crippen LogP contribution in [0.15, 0.2) is 170 Å². The number of carbonyl (C=O) groups is 4. The molecular formula is C66H70ClF2N4O10Sr+. The van der Waals surface area contributed by atoms with Crippen LogP contribution in [-0.4, -0.2) is 133 Å². The predicted octanol–water partition coefficient (Wildman–Crippen LogP) is 9.25. The summed E-state index contributed by atoms with van der Waals surface area (Å²) in [5.41, 5.74) is 9.55. The zero-order chi connectivity index (χ0) is 59.0. The van der Waals surface area contributed by atoms with Gasteiger partial charge in [0.15, 0.2) is 0 Å². The smallest absolute Gasteiger partial charge is 1.00 e. The van der Waals surface area contributed by atoms with E-state index in [0.717, 1.165) is 22.5 Å². The Balaban J connectivity index is 0.000000300. The van der Waals surface area contributed by atoms with Gasteiger partial charge in [0.1, 0.15) is 11.6 Å². The van der Waals surface area contributed by atoms with Gasteiger partial charge in [0.05, 0.1) is 59.8 Å². The van der Waals surface area contributed by atoms with Crippen molar-refractivity contribution in [3.05, 3.63) is 204 Å². The third-order valence-electron chi connectivity index (χ3n) is 13.9. The fraction of sp³-hybridized carbons (Fsp3) is 0.273. The topological polar surface area (TPSA) is 224 Å². The molecule has 14 nitrogen and oxygen atoms in total. The van der Waals surface area contributed by atoms with E-state index in [1.54, 1.807) is 24.3 Å². The number of nitrogens with one attached hydrogen (secondary N) is 2. The molecular weight excluding hydrogens is 1170 g/mol. The van der Waals surface area contributed by atoms with Crippen LogP contribution in [0.5, 0.6) is 0 Å². The van der Waals surface area contributed by atoms with Crippen molar-refractivity contribution in [1.29, 1.82) is 0 Å². The van der Waals surface area contributed by atoms with Crippen molar-refractivity contribution >= 4 is 80.6 Å². The number of carbonyl (C=O) groups excluding carboxylic acids is 2. The van der Waals surface area contributed by atoms with Crippen LogP contribution >= 0.6 is 0 Å². The Kier molecular flexibility index (Phi) is 26.3. The maximum Gasteiger partial charge on any atom is 2.00 e. The van der Waals surface area contributed by atoms with Crippen LogP contribution < -0.4 is 23.0 Å². The third kappa shape index (κ3) is 18.1. The first-order chi connectivity index (χ1) is 39.3. The molecule has 8 aromatic rings. The molecule has 0 saturated carbocycles. The summed E-state index contributed by atoms with van der Waals surface area (Å²) < 4.78 is 32.0. The zero-order valence-electron chi connectivity index (χ0n) is 47.3. The van der Waals surface area contributed by atoms with Crippen LogP contribution in [0, 0.1) is 11.6 Å². The normalized spacial score (nSPS) is 12.4. The number of nitrogens with zero attached hydrogens (tertiary/aromatic N) is 2. The standard InChI is InChI=1S/2C33H35FN2O5.ClH.Sr/c2*1-21(2)31-30(33(41)35-25-11-7-4-8-12-25)29(22-9-5-3-6-10-22)32(23-13-15-24(34)16-14-23)36(31)18-17-26(37)19-27(38)20-28(39)40;;/h2*3-16,21,26-27,37-38H,17-20H2,1-2H3,(H,35,41)(H,39,40);1H;/q;;;+2/p-1/t2*26-,27-;;/m11../s1. The van der Waals surface area contributed by atoms with E-state index in [4.69, 9.17) is 10.2 Å². The van der Waals surface area contributed by atoms with E-state index in [9.17, 15) is 48.4 Å². The average molecular weight is 1240 g/mol. The van der Waals surface area contributed by atoms with E-state index in [-0.39, 0.29) is 132 Å². The summed E-state index contributed by atoms with van der Waals surface area (Å²) in [7, 11) is 0. The Morgan fingerprint density at radius 2 is 0.738 bits per heavy atom. The second-order valence-corrected chi connectivity index (χ2v) is 20.8. The maximum atomic E-state index is 14.0. The van der Waals surface area contributed by atoms with Crippen molar-refractivity contribution in [2.75, 3.05) is 10.6 Å². The number of hydrogen-bond donors (Lipinski definition) is 8. The first kappa shape index (κ1) is 68.0. The van der Waals surface area contributed by atoms with Gasteiger partial charge in [0.25, 0.3) is 11.8 Å². The first-order valence-electron chi connectivity index (χ1n) is 27.3. The molecule has 18 heteroatoms. The van der Waals surface area contributed by atoms with Crippen LogP contribution in [0.25, 0.3) is 44.8 Å². The maximum absolute atomic E-state index is 14.0. The molecule has 8 N–H and O–H groups in total. The molecule has 436 valence electrons. The molecule has 0 saturated heterocycles. The number of carboxylic acid groups (broad SMARTS) is 2. The Hall–Kier alpha value is -6.77. The largest absolute Gasteiger partial charge is 2.00 e. The molecule has 0 radical (unpaired) electrons. The van der Waals surface area contributed by atoms with Crippen LogP contribution in [0.4, 0.5) is 20.2 Å². The van der Waals surface area contributed by atoms with Crippen molar-refractivity contribution in [3.63, 3.8) is 0 Å². The molecule has 0 aliphatic carbocycles. The molecule has 0 aliphatic heterocycles. The zero-order valence-corrected chi connectivity index (χ0v) is 51.6. The van der Waals surface area contributed by atoms with Gasteiger partial charge in [-0.1, -0.05) is 125 Å². The number of halogens is 3. The van der Waals surface area contributed by atoms with Crippen LogP contribution in [0.3, 0.4) is 0 Å². The third-order valence-corrected chi connectivity index (χ3v) is 13.9. The van der Waals surface area contributed by atoms with Gasteiger partial charge < -0.3 is 62.8 Å². The van der Waals surface area contributed by atoms with Crippen LogP contribution in [0.1, 0.15) is 110 Å². The number of hydrogen-bond acceptors (Lipinski definition) is 8. The summed E-state index contributed by atoms with van der Waals surface area (Å²) in [6.45, 7) is 8.50. The predicted molar refractivity (Wildman–Crippen MR) is 320 cm³/mol. The number of amides is 2. The number of anilines is 2. The Morgan fingerprint density at radius 3 is 1.02 bits per heavy atom. The number of aromatic nitrogens is 2.